The van der Waals surface area contributed by atoms with Crippen LogP contribution in [0.1, 0.15) is 27.5 Å². The Labute approximate surface area is 240 Å². The molecule has 1 unspecified atom stereocenters. The van der Waals surface area contributed by atoms with E-state index in [0.29, 0.717) is 5.56 Å². The van der Waals surface area contributed by atoms with Crippen LogP contribution < -0.4 is 0 Å². The number of carbonyl (C=O) groups is 1. The molecule has 1 aliphatic carbocycles. The number of carbonyl (C=O) groups excluding carboxylic acids is 1. The highest BCUT2D eigenvalue weighted by Gasteiger charge is 2.28. The molecule has 0 saturated heterocycles. The van der Waals surface area contributed by atoms with Gasteiger partial charge >= 0.3 is 0 Å². The molecule has 0 fully saturated rings. The fourth-order valence-electron chi connectivity index (χ4n) is 6.52. The van der Waals surface area contributed by atoms with E-state index >= 15 is 0 Å². The van der Waals surface area contributed by atoms with Crippen LogP contribution in [0.15, 0.2) is 126 Å². The average molecular weight is 539 g/mol. The molecule has 5 aromatic carbocycles. The van der Waals surface area contributed by atoms with Crippen LogP contribution in [0.5, 0.6) is 0 Å². The van der Waals surface area contributed by atoms with Gasteiger partial charge < -0.3 is 4.42 Å². The molecular formula is C38H22N2O2. The van der Waals surface area contributed by atoms with Crippen LogP contribution in [-0.4, -0.2) is 15.8 Å². The summed E-state index contributed by atoms with van der Waals surface area (Å²) in [4.78, 5) is 23.6. The van der Waals surface area contributed by atoms with Crippen LogP contribution in [0.2, 0.25) is 0 Å². The van der Waals surface area contributed by atoms with Crippen LogP contribution in [0.25, 0.3) is 71.7 Å². The van der Waals surface area contributed by atoms with Gasteiger partial charge in [-0.25, -0.2) is 4.98 Å². The molecule has 0 bridgehead atoms. The maximum absolute atomic E-state index is 13.9. The fourth-order valence-corrected chi connectivity index (χ4v) is 6.52. The van der Waals surface area contributed by atoms with Crippen molar-refractivity contribution >= 4 is 66.2 Å². The normalized spacial score (nSPS) is 14.9. The maximum Gasteiger partial charge on any atom is 0.176 e. The number of furan rings is 1. The Morgan fingerprint density at radius 3 is 2.24 bits per heavy atom. The van der Waals surface area contributed by atoms with E-state index in [2.05, 4.69) is 65.6 Å². The standard InChI is InChI=1S/C38H22N2O2/c41-38-26(15-16-33-36(38)25-8-2-1-7-24(25)21-39-33)22-13-17-34-30(19-22)31-20-23(14-18-35(31)42-34)37-29-11-4-3-9-27(29)28-10-5-6-12-32(28)40-37/h1-21,26H. The first-order valence-electron chi connectivity index (χ1n) is 14.1. The van der Waals surface area contributed by atoms with Gasteiger partial charge in [0.25, 0.3) is 0 Å². The molecule has 0 N–H and O–H groups in total. The SMILES string of the molecule is O=C1c2c(ncc3ccccc23)C=CC1c1ccc2oc3ccc(-c4nc5ccccc5c5ccccc45)cc3c2c1. The van der Waals surface area contributed by atoms with Gasteiger partial charge in [0.15, 0.2) is 5.78 Å². The predicted octanol–water partition coefficient (Wildman–Crippen LogP) is 9.50. The third-order valence-corrected chi connectivity index (χ3v) is 8.54. The Morgan fingerprint density at radius 2 is 1.36 bits per heavy atom. The number of nitrogens with zero attached hydrogens (tertiary/aromatic N) is 2. The summed E-state index contributed by atoms with van der Waals surface area (Å²) in [6.07, 6.45) is 5.77. The van der Waals surface area contributed by atoms with Gasteiger partial charge in [-0.2, -0.15) is 0 Å². The summed E-state index contributed by atoms with van der Waals surface area (Å²) in [6.45, 7) is 0. The van der Waals surface area contributed by atoms with Crippen molar-refractivity contribution in [3.63, 3.8) is 0 Å². The lowest BCUT2D eigenvalue weighted by Crippen LogP contribution is -2.17. The molecule has 4 nitrogen and oxygen atoms in total. The molecule has 0 radical (unpaired) electrons. The number of hydrogen-bond acceptors (Lipinski definition) is 4. The molecule has 1 atom stereocenters. The van der Waals surface area contributed by atoms with Gasteiger partial charge in [-0.3, -0.25) is 9.78 Å². The molecule has 1 aliphatic rings. The first-order chi connectivity index (χ1) is 20.7. The molecule has 3 heterocycles. The quantitative estimate of drug-likeness (QED) is 0.206. The van der Waals surface area contributed by atoms with Gasteiger partial charge in [-0.1, -0.05) is 78.9 Å². The first-order valence-corrected chi connectivity index (χ1v) is 14.1. The van der Waals surface area contributed by atoms with Crippen molar-refractivity contribution in [3.05, 3.63) is 138 Å². The third-order valence-electron chi connectivity index (χ3n) is 8.54. The second-order valence-electron chi connectivity index (χ2n) is 10.9. The van der Waals surface area contributed by atoms with E-state index in [9.17, 15) is 4.79 Å². The number of aromatic nitrogens is 2. The van der Waals surface area contributed by atoms with Crippen molar-refractivity contribution in [2.75, 3.05) is 0 Å². The molecular weight excluding hydrogens is 516 g/mol. The largest absolute Gasteiger partial charge is 0.456 e. The lowest BCUT2D eigenvalue weighted by atomic mass is 9.83. The number of ketones is 1. The molecule has 8 aromatic rings. The number of fused-ring (bicyclic) bond motifs is 9. The summed E-state index contributed by atoms with van der Waals surface area (Å²) < 4.78 is 6.25. The fraction of sp³-hybridized carbons (Fsp3) is 0.0263. The van der Waals surface area contributed by atoms with Gasteiger partial charge in [0.2, 0.25) is 0 Å². The number of benzene rings is 5. The minimum Gasteiger partial charge on any atom is -0.456 e. The van der Waals surface area contributed by atoms with Crippen LogP contribution in [0, 0.1) is 0 Å². The molecule has 42 heavy (non-hydrogen) atoms. The van der Waals surface area contributed by atoms with Crippen molar-refractivity contribution < 1.29 is 9.21 Å². The molecule has 3 aromatic heterocycles. The monoisotopic (exact) mass is 538 g/mol. The van der Waals surface area contributed by atoms with E-state index < -0.39 is 5.92 Å². The Bertz CT molecular complexity index is 2450. The van der Waals surface area contributed by atoms with E-state index in [4.69, 9.17) is 9.40 Å². The number of hydrogen-bond donors (Lipinski definition) is 0. The van der Waals surface area contributed by atoms with E-state index in [1.165, 1.54) is 5.39 Å². The van der Waals surface area contributed by atoms with Gasteiger partial charge in [0.1, 0.15) is 11.2 Å². The Hall–Kier alpha value is -5.61. The zero-order valence-corrected chi connectivity index (χ0v) is 22.4. The molecule has 196 valence electrons. The van der Waals surface area contributed by atoms with Crippen molar-refractivity contribution in [2.45, 2.75) is 5.92 Å². The lowest BCUT2D eigenvalue weighted by Gasteiger charge is -2.19. The number of para-hydroxylation sites is 1. The van der Waals surface area contributed by atoms with E-state index in [0.717, 1.165) is 71.5 Å². The second kappa shape index (κ2) is 8.69. The Morgan fingerprint density at radius 1 is 0.643 bits per heavy atom. The molecule has 9 rings (SSSR count). The van der Waals surface area contributed by atoms with Crippen LogP contribution >= 0.6 is 0 Å². The zero-order valence-electron chi connectivity index (χ0n) is 22.4. The van der Waals surface area contributed by atoms with Crippen molar-refractivity contribution in [1.82, 2.24) is 9.97 Å². The minimum absolute atomic E-state index is 0.0662. The molecule has 4 heteroatoms. The average Bonchev–Trinajstić information content (AvgIpc) is 3.41. The van der Waals surface area contributed by atoms with Crippen LogP contribution in [-0.2, 0) is 0 Å². The van der Waals surface area contributed by atoms with Crippen LogP contribution in [0.4, 0.5) is 0 Å². The molecule has 0 amide bonds. The number of allylic oxidation sites excluding steroid dienone is 1. The van der Waals surface area contributed by atoms with Crippen molar-refractivity contribution in [3.8, 4) is 11.3 Å². The Kier molecular flexibility index (Phi) is 4.79. The topological polar surface area (TPSA) is 56.0 Å². The summed E-state index contributed by atoms with van der Waals surface area (Å²) in [7, 11) is 0. The summed E-state index contributed by atoms with van der Waals surface area (Å²) >= 11 is 0. The zero-order chi connectivity index (χ0) is 27.8. The van der Waals surface area contributed by atoms with Gasteiger partial charge in [-0.15, -0.1) is 0 Å². The number of Topliss-reactive ketones (excluding diaryl/α,β-unsaturated/α-hetero) is 1. The van der Waals surface area contributed by atoms with E-state index in [1.54, 1.807) is 0 Å². The minimum atomic E-state index is -0.395. The van der Waals surface area contributed by atoms with Gasteiger partial charge in [-0.05, 0) is 58.8 Å². The highest BCUT2D eigenvalue weighted by Crippen LogP contribution is 2.39. The Balaban J connectivity index is 1.21. The van der Waals surface area contributed by atoms with E-state index in [-0.39, 0.29) is 5.78 Å². The van der Waals surface area contributed by atoms with Crippen molar-refractivity contribution in [1.29, 1.82) is 0 Å². The smallest absolute Gasteiger partial charge is 0.176 e. The third kappa shape index (κ3) is 3.32. The highest BCUT2D eigenvalue weighted by molar-refractivity contribution is 6.16. The molecule has 0 saturated carbocycles. The summed E-state index contributed by atoms with van der Waals surface area (Å²) in [5, 5.41) is 7.34. The lowest BCUT2D eigenvalue weighted by molar-refractivity contribution is 0.0976. The summed E-state index contributed by atoms with van der Waals surface area (Å²) in [6, 6.07) is 37.0. The van der Waals surface area contributed by atoms with Crippen LogP contribution in [0.3, 0.4) is 0 Å². The first kappa shape index (κ1) is 23.1. The molecule has 0 spiro atoms. The number of rotatable bonds is 2. The second-order valence-corrected chi connectivity index (χ2v) is 10.9. The van der Waals surface area contributed by atoms with Crippen molar-refractivity contribution in [2.24, 2.45) is 0 Å². The molecule has 0 aliphatic heterocycles. The highest BCUT2D eigenvalue weighted by atomic mass is 16.3. The predicted molar refractivity (Wildman–Crippen MR) is 170 cm³/mol. The van der Waals surface area contributed by atoms with Gasteiger partial charge in [0.05, 0.1) is 28.4 Å². The maximum atomic E-state index is 13.9. The number of pyridine rings is 2. The van der Waals surface area contributed by atoms with E-state index in [1.807, 2.05) is 66.9 Å². The summed E-state index contributed by atoms with van der Waals surface area (Å²) in [5.41, 5.74) is 6.89. The van der Waals surface area contributed by atoms with Gasteiger partial charge in [0, 0.05) is 38.7 Å². The summed E-state index contributed by atoms with van der Waals surface area (Å²) in [5.74, 6) is -0.329.